The molecular formula is C27H30F2N2O2S. The Morgan fingerprint density at radius 3 is 2.26 bits per heavy atom. The van der Waals surface area contributed by atoms with Crippen molar-refractivity contribution in [1.82, 2.24) is 9.80 Å². The lowest BCUT2D eigenvalue weighted by molar-refractivity contribution is -0.133. The number of benzene rings is 2. The van der Waals surface area contributed by atoms with Gasteiger partial charge in [-0.15, -0.1) is 11.3 Å². The summed E-state index contributed by atoms with van der Waals surface area (Å²) in [7, 11) is 0. The van der Waals surface area contributed by atoms with Gasteiger partial charge in [0, 0.05) is 22.8 Å². The first-order valence-electron chi connectivity index (χ1n) is 11.4. The molecule has 0 saturated carbocycles. The molecule has 0 bridgehead atoms. The standard InChI is InChI=1S/C27H30F2N2O2S/c1-4-19(2)15-31(27(33)24-7-5-6-8-25(24)29)18-26(32)30(17-23-14-9-20(3)34-23)16-21-10-12-22(28)13-11-21/h5-14,19H,4,15-18H2,1-3H3. The molecule has 0 aliphatic carbocycles. The van der Waals surface area contributed by atoms with Gasteiger partial charge in [0.05, 0.1) is 12.1 Å². The third kappa shape index (κ3) is 6.97. The van der Waals surface area contributed by atoms with E-state index in [4.69, 9.17) is 0 Å². The smallest absolute Gasteiger partial charge is 0.257 e. The van der Waals surface area contributed by atoms with Gasteiger partial charge in [-0.1, -0.05) is 44.5 Å². The van der Waals surface area contributed by atoms with Crippen LogP contribution < -0.4 is 0 Å². The Morgan fingerprint density at radius 2 is 1.65 bits per heavy atom. The highest BCUT2D eigenvalue weighted by Gasteiger charge is 2.25. The van der Waals surface area contributed by atoms with Crippen LogP contribution in [0.3, 0.4) is 0 Å². The van der Waals surface area contributed by atoms with E-state index in [0.717, 1.165) is 21.7 Å². The highest BCUT2D eigenvalue weighted by atomic mass is 32.1. The molecule has 1 heterocycles. The molecule has 7 heteroatoms. The number of hydrogen-bond donors (Lipinski definition) is 0. The van der Waals surface area contributed by atoms with Crippen LogP contribution in [0.2, 0.25) is 0 Å². The molecule has 1 atom stereocenters. The SMILES string of the molecule is CCC(C)CN(CC(=O)N(Cc1ccc(F)cc1)Cc1ccc(C)s1)C(=O)c1ccccc1F. The van der Waals surface area contributed by atoms with Crippen LogP contribution in [0, 0.1) is 24.5 Å². The zero-order valence-corrected chi connectivity index (χ0v) is 20.6. The minimum Gasteiger partial charge on any atom is -0.332 e. The van der Waals surface area contributed by atoms with E-state index in [-0.39, 0.29) is 36.3 Å². The van der Waals surface area contributed by atoms with E-state index in [2.05, 4.69) is 0 Å². The number of aryl methyl sites for hydroxylation is 1. The number of rotatable bonds is 10. The molecule has 0 spiro atoms. The molecule has 0 aliphatic rings. The van der Waals surface area contributed by atoms with E-state index in [1.165, 1.54) is 35.2 Å². The molecule has 0 aliphatic heterocycles. The molecule has 34 heavy (non-hydrogen) atoms. The van der Waals surface area contributed by atoms with Gasteiger partial charge in [0.15, 0.2) is 0 Å². The first kappa shape index (κ1) is 25.6. The van der Waals surface area contributed by atoms with E-state index in [0.29, 0.717) is 13.1 Å². The Balaban J connectivity index is 1.85. The summed E-state index contributed by atoms with van der Waals surface area (Å²) in [6.07, 6.45) is 0.822. The Bertz CT molecular complexity index is 1110. The summed E-state index contributed by atoms with van der Waals surface area (Å²) in [4.78, 5) is 32.0. The van der Waals surface area contributed by atoms with Crippen molar-refractivity contribution in [3.63, 3.8) is 0 Å². The second-order valence-corrected chi connectivity index (χ2v) is 9.94. The van der Waals surface area contributed by atoms with Crippen LogP contribution in [0.4, 0.5) is 8.78 Å². The molecule has 0 N–H and O–H groups in total. The number of halogens is 2. The molecule has 1 aromatic heterocycles. The molecule has 0 saturated heterocycles. The largest absolute Gasteiger partial charge is 0.332 e. The van der Waals surface area contributed by atoms with Gasteiger partial charge in [-0.05, 0) is 54.8 Å². The van der Waals surface area contributed by atoms with Crippen LogP contribution in [0.25, 0.3) is 0 Å². The number of carbonyl (C=O) groups excluding carboxylic acids is 2. The van der Waals surface area contributed by atoms with Gasteiger partial charge in [-0.25, -0.2) is 8.78 Å². The van der Waals surface area contributed by atoms with E-state index >= 15 is 0 Å². The first-order valence-corrected chi connectivity index (χ1v) is 12.2. The number of carbonyl (C=O) groups is 2. The van der Waals surface area contributed by atoms with Gasteiger partial charge >= 0.3 is 0 Å². The molecule has 0 radical (unpaired) electrons. The van der Waals surface area contributed by atoms with Gasteiger partial charge in [0.25, 0.3) is 5.91 Å². The van der Waals surface area contributed by atoms with E-state index < -0.39 is 11.7 Å². The van der Waals surface area contributed by atoms with E-state index in [9.17, 15) is 18.4 Å². The Morgan fingerprint density at radius 1 is 0.941 bits per heavy atom. The number of nitrogens with zero attached hydrogens (tertiary/aromatic N) is 2. The molecule has 180 valence electrons. The lowest BCUT2D eigenvalue weighted by Crippen LogP contribution is -2.44. The molecule has 3 aromatic rings. The van der Waals surface area contributed by atoms with Crippen molar-refractivity contribution in [2.24, 2.45) is 5.92 Å². The minimum atomic E-state index is -0.605. The number of thiophene rings is 1. The maximum Gasteiger partial charge on any atom is 0.257 e. The van der Waals surface area contributed by atoms with Gasteiger partial charge in [-0.2, -0.15) is 0 Å². The van der Waals surface area contributed by atoms with Gasteiger partial charge in [0.2, 0.25) is 5.91 Å². The monoisotopic (exact) mass is 484 g/mol. The van der Waals surface area contributed by atoms with Crippen molar-refractivity contribution in [3.05, 3.63) is 93.2 Å². The summed E-state index contributed by atoms with van der Waals surface area (Å²) in [5.41, 5.74) is 0.745. The van der Waals surface area contributed by atoms with Crippen LogP contribution in [0.5, 0.6) is 0 Å². The summed E-state index contributed by atoms with van der Waals surface area (Å²) in [5, 5.41) is 0. The average molecular weight is 485 g/mol. The van der Waals surface area contributed by atoms with Crippen molar-refractivity contribution < 1.29 is 18.4 Å². The van der Waals surface area contributed by atoms with Crippen LogP contribution >= 0.6 is 11.3 Å². The first-order chi connectivity index (χ1) is 16.3. The Labute approximate surface area is 203 Å². The quantitative estimate of drug-likeness (QED) is 0.351. The minimum absolute atomic E-state index is 0.0439. The molecular weight excluding hydrogens is 454 g/mol. The summed E-state index contributed by atoms with van der Waals surface area (Å²) < 4.78 is 27.7. The van der Waals surface area contributed by atoms with Gasteiger partial charge in [-0.3, -0.25) is 9.59 Å². The summed E-state index contributed by atoms with van der Waals surface area (Å²) >= 11 is 1.60. The number of amides is 2. The summed E-state index contributed by atoms with van der Waals surface area (Å²) in [6, 6.07) is 15.8. The lowest BCUT2D eigenvalue weighted by atomic mass is 10.1. The van der Waals surface area contributed by atoms with Crippen LogP contribution in [-0.4, -0.2) is 34.7 Å². The molecule has 2 aromatic carbocycles. The van der Waals surface area contributed by atoms with Crippen molar-refractivity contribution in [1.29, 1.82) is 0 Å². The second kappa shape index (κ2) is 11.9. The predicted octanol–water partition coefficient (Wildman–Crippen LogP) is 6.05. The fourth-order valence-corrected chi connectivity index (χ4v) is 4.50. The number of hydrogen-bond acceptors (Lipinski definition) is 3. The molecule has 1 unspecified atom stereocenters. The third-order valence-corrected chi connectivity index (χ3v) is 6.71. The molecule has 0 fully saturated rings. The fourth-order valence-electron chi connectivity index (χ4n) is 3.59. The van der Waals surface area contributed by atoms with Crippen molar-refractivity contribution in [2.45, 2.75) is 40.3 Å². The van der Waals surface area contributed by atoms with Crippen molar-refractivity contribution in [2.75, 3.05) is 13.1 Å². The second-order valence-electron chi connectivity index (χ2n) is 8.57. The topological polar surface area (TPSA) is 40.6 Å². The zero-order chi connectivity index (χ0) is 24.7. The lowest BCUT2D eigenvalue weighted by Gasteiger charge is -2.29. The van der Waals surface area contributed by atoms with Gasteiger partial charge in [0.1, 0.15) is 18.2 Å². The maximum atomic E-state index is 14.4. The van der Waals surface area contributed by atoms with Crippen LogP contribution in [0.15, 0.2) is 60.7 Å². The highest BCUT2D eigenvalue weighted by Crippen LogP contribution is 2.20. The van der Waals surface area contributed by atoms with Crippen LogP contribution in [0.1, 0.15) is 45.9 Å². The third-order valence-electron chi connectivity index (χ3n) is 5.73. The fraction of sp³-hybridized carbons (Fsp3) is 0.333. The molecule has 3 rings (SSSR count). The Hall–Kier alpha value is -3.06. The molecule has 2 amide bonds. The van der Waals surface area contributed by atoms with Gasteiger partial charge < -0.3 is 9.80 Å². The van der Waals surface area contributed by atoms with Crippen LogP contribution in [-0.2, 0) is 17.9 Å². The molecule has 4 nitrogen and oxygen atoms in total. The van der Waals surface area contributed by atoms with E-state index in [1.54, 1.807) is 34.4 Å². The summed E-state index contributed by atoms with van der Waals surface area (Å²) in [6.45, 7) is 6.85. The van der Waals surface area contributed by atoms with Crippen molar-refractivity contribution >= 4 is 23.2 Å². The van der Waals surface area contributed by atoms with Crippen molar-refractivity contribution in [3.8, 4) is 0 Å². The average Bonchev–Trinajstić information content (AvgIpc) is 3.23. The normalized spacial score (nSPS) is 11.8. The zero-order valence-electron chi connectivity index (χ0n) is 19.8. The summed E-state index contributed by atoms with van der Waals surface area (Å²) in [5.74, 6) is -1.55. The van der Waals surface area contributed by atoms with E-state index in [1.807, 2.05) is 32.9 Å². The predicted molar refractivity (Wildman–Crippen MR) is 131 cm³/mol. The Kier molecular flexibility index (Phi) is 8.93. The highest BCUT2D eigenvalue weighted by molar-refractivity contribution is 7.11. The maximum absolute atomic E-state index is 14.4.